The lowest BCUT2D eigenvalue weighted by Gasteiger charge is -2.21. The molecule has 0 spiro atoms. The minimum absolute atomic E-state index is 0.132. The van der Waals surface area contributed by atoms with Gasteiger partial charge >= 0.3 is 0 Å². The molecule has 1 fully saturated rings. The summed E-state index contributed by atoms with van der Waals surface area (Å²) in [4.78, 5) is 19.0. The Kier molecular flexibility index (Phi) is 6.30. The van der Waals surface area contributed by atoms with Crippen LogP contribution in [0.15, 0.2) is 52.1 Å². The predicted molar refractivity (Wildman–Crippen MR) is 102 cm³/mol. The average Bonchev–Trinajstić information content (AvgIpc) is 3.04. The molecule has 1 aliphatic heterocycles. The van der Waals surface area contributed by atoms with Crippen LogP contribution in [0.3, 0.4) is 0 Å². The number of guanidine groups is 1. The molecule has 1 saturated heterocycles. The molecule has 138 valence electrons. The van der Waals surface area contributed by atoms with Crippen LogP contribution in [0.1, 0.15) is 47.4 Å². The number of hydrogen-bond acceptors (Lipinski definition) is 3. The highest BCUT2D eigenvalue weighted by atomic mass is 16.3. The first-order valence-corrected chi connectivity index (χ1v) is 9.17. The van der Waals surface area contributed by atoms with Crippen molar-refractivity contribution >= 4 is 11.9 Å². The molecule has 6 heteroatoms. The Morgan fingerprint density at radius 1 is 1.15 bits per heavy atom. The van der Waals surface area contributed by atoms with E-state index in [0.717, 1.165) is 24.4 Å². The number of amides is 1. The quantitative estimate of drug-likeness (QED) is 0.639. The average molecular weight is 354 g/mol. The van der Waals surface area contributed by atoms with Gasteiger partial charge in [0.2, 0.25) is 0 Å². The second-order valence-corrected chi connectivity index (χ2v) is 6.54. The van der Waals surface area contributed by atoms with Gasteiger partial charge in [0.25, 0.3) is 5.91 Å². The summed E-state index contributed by atoms with van der Waals surface area (Å²) in [6.07, 6.45) is 6.45. The van der Waals surface area contributed by atoms with E-state index in [1.54, 1.807) is 18.4 Å². The van der Waals surface area contributed by atoms with Crippen LogP contribution in [-0.2, 0) is 13.1 Å². The number of rotatable bonds is 5. The minimum atomic E-state index is -0.132. The lowest BCUT2D eigenvalue weighted by Crippen LogP contribution is -2.38. The van der Waals surface area contributed by atoms with Gasteiger partial charge in [0, 0.05) is 18.7 Å². The summed E-state index contributed by atoms with van der Waals surface area (Å²) in [6, 6.07) is 11.1. The van der Waals surface area contributed by atoms with E-state index in [1.165, 1.54) is 25.7 Å². The standard InChI is InChI=1S/C20H26N4O2/c21-20(24-10-3-1-2-4-11-24)23-14-16-7-5-8-17(13-16)19(25)22-15-18-9-6-12-26-18/h5-9,12-13H,1-4,10-11,14-15H2,(H2,21,23)(H,22,25). The number of carbonyl (C=O) groups excluding carboxylic acids is 1. The van der Waals surface area contributed by atoms with E-state index >= 15 is 0 Å². The van der Waals surface area contributed by atoms with Crippen LogP contribution in [0.5, 0.6) is 0 Å². The first-order chi connectivity index (χ1) is 12.7. The van der Waals surface area contributed by atoms with Gasteiger partial charge in [0.15, 0.2) is 5.96 Å². The predicted octanol–water partition coefficient (Wildman–Crippen LogP) is 2.90. The summed E-state index contributed by atoms with van der Waals surface area (Å²) in [5.74, 6) is 1.19. The Bertz CT molecular complexity index is 732. The minimum Gasteiger partial charge on any atom is -0.467 e. The molecular weight excluding hydrogens is 328 g/mol. The third-order valence-electron chi connectivity index (χ3n) is 4.55. The lowest BCUT2D eigenvalue weighted by molar-refractivity contribution is 0.0948. The van der Waals surface area contributed by atoms with E-state index in [9.17, 15) is 4.79 Å². The maximum Gasteiger partial charge on any atom is 0.251 e. The highest BCUT2D eigenvalue weighted by Gasteiger charge is 2.11. The SMILES string of the molecule is NC(=NCc1cccc(C(=O)NCc2ccco2)c1)N1CCCCCC1. The van der Waals surface area contributed by atoms with Gasteiger partial charge in [0.1, 0.15) is 5.76 Å². The normalized spacial score (nSPS) is 15.5. The Morgan fingerprint density at radius 2 is 1.96 bits per heavy atom. The van der Waals surface area contributed by atoms with Gasteiger partial charge in [-0.3, -0.25) is 4.79 Å². The number of aliphatic imine (C=N–C) groups is 1. The van der Waals surface area contributed by atoms with Crippen molar-refractivity contribution in [1.82, 2.24) is 10.2 Å². The lowest BCUT2D eigenvalue weighted by atomic mass is 10.1. The van der Waals surface area contributed by atoms with Crippen molar-refractivity contribution < 1.29 is 9.21 Å². The fraction of sp³-hybridized carbons (Fsp3) is 0.400. The van der Waals surface area contributed by atoms with Crippen molar-refractivity contribution in [3.63, 3.8) is 0 Å². The highest BCUT2D eigenvalue weighted by Crippen LogP contribution is 2.11. The fourth-order valence-electron chi connectivity index (χ4n) is 3.07. The van der Waals surface area contributed by atoms with Crippen molar-refractivity contribution in [2.24, 2.45) is 10.7 Å². The van der Waals surface area contributed by atoms with Gasteiger partial charge < -0.3 is 20.4 Å². The van der Waals surface area contributed by atoms with Crippen LogP contribution in [0, 0.1) is 0 Å². The molecule has 2 aromatic rings. The zero-order chi connectivity index (χ0) is 18.2. The fourth-order valence-corrected chi connectivity index (χ4v) is 3.07. The Hall–Kier alpha value is -2.76. The summed E-state index contributed by atoms with van der Waals surface area (Å²) in [7, 11) is 0. The molecule has 0 unspecified atom stereocenters. The summed E-state index contributed by atoms with van der Waals surface area (Å²) in [6.45, 7) is 2.80. The molecule has 0 bridgehead atoms. The molecular formula is C20H26N4O2. The van der Waals surface area contributed by atoms with Gasteiger partial charge in [-0.15, -0.1) is 0 Å². The van der Waals surface area contributed by atoms with Crippen molar-refractivity contribution in [1.29, 1.82) is 0 Å². The molecule has 1 amide bonds. The number of hydrogen-bond donors (Lipinski definition) is 2. The summed E-state index contributed by atoms with van der Waals surface area (Å²) in [5.41, 5.74) is 7.73. The van der Waals surface area contributed by atoms with Crippen molar-refractivity contribution in [2.75, 3.05) is 13.1 Å². The van der Waals surface area contributed by atoms with E-state index in [1.807, 2.05) is 24.3 Å². The molecule has 2 heterocycles. The number of furan rings is 1. The Labute approximate surface area is 154 Å². The largest absolute Gasteiger partial charge is 0.467 e. The van der Waals surface area contributed by atoms with Gasteiger partial charge in [-0.05, 0) is 42.7 Å². The van der Waals surface area contributed by atoms with E-state index < -0.39 is 0 Å². The molecule has 26 heavy (non-hydrogen) atoms. The zero-order valence-electron chi connectivity index (χ0n) is 15.0. The second-order valence-electron chi connectivity index (χ2n) is 6.54. The first-order valence-electron chi connectivity index (χ1n) is 9.17. The molecule has 1 aromatic heterocycles. The topological polar surface area (TPSA) is 83.9 Å². The van der Waals surface area contributed by atoms with E-state index in [-0.39, 0.29) is 5.91 Å². The van der Waals surface area contributed by atoms with Crippen molar-refractivity contribution in [3.05, 3.63) is 59.5 Å². The van der Waals surface area contributed by atoms with Crippen LogP contribution in [0.4, 0.5) is 0 Å². The monoisotopic (exact) mass is 354 g/mol. The van der Waals surface area contributed by atoms with Crippen LogP contribution in [-0.4, -0.2) is 29.9 Å². The van der Waals surface area contributed by atoms with E-state index in [2.05, 4.69) is 15.2 Å². The molecule has 0 atom stereocenters. The first kappa shape index (κ1) is 18.0. The summed E-state index contributed by atoms with van der Waals surface area (Å²) < 4.78 is 5.22. The number of nitrogens with two attached hydrogens (primary N) is 1. The van der Waals surface area contributed by atoms with Crippen LogP contribution in [0.2, 0.25) is 0 Å². The molecule has 0 saturated carbocycles. The Morgan fingerprint density at radius 3 is 2.69 bits per heavy atom. The maximum absolute atomic E-state index is 12.3. The van der Waals surface area contributed by atoms with E-state index in [0.29, 0.717) is 24.6 Å². The molecule has 1 aliphatic rings. The van der Waals surface area contributed by atoms with Crippen LogP contribution >= 0.6 is 0 Å². The summed E-state index contributed by atoms with van der Waals surface area (Å²) in [5, 5.41) is 2.85. The number of carbonyl (C=O) groups is 1. The molecule has 3 N–H and O–H groups in total. The third-order valence-corrected chi connectivity index (χ3v) is 4.55. The van der Waals surface area contributed by atoms with Crippen LogP contribution in [0.25, 0.3) is 0 Å². The molecule has 3 rings (SSSR count). The van der Waals surface area contributed by atoms with Crippen LogP contribution < -0.4 is 11.1 Å². The van der Waals surface area contributed by atoms with Gasteiger partial charge in [-0.25, -0.2) is 4.99 Å². The van der Waals surface area contributed by atoms with E-state index in [4.69, 9.17) is 10.2 Å². The van der Waals surface area contributed by atoms with Crippen molar-refractivity contribution in [2.45, 2.75) is 38.8 Å². The maximum atomic E-state index is 12.3. The third kappa shape index (κ3) is 5.12. The molecule has 0 radical (unpaired) electrons. The molecule has 1 aromatic carbocycles. The number of nitrogens with one attached hydrogen (secondary N) is 1. The zero-order valence-corrected chi connectivity index (χ0v) is 15.0. The smallest absolute Gasteiger partial charge is 0.251 e. The van der Waals surface area contributed by atoms with Gasteiger partial charge in [-0.1, -0.05) is 25.0 Å². The van der Waals surface area contributed by atoms with Crippen molar-refractivity contribution in [3.8, 4) is 0 Å². The Balaban J connectivity index is 1.57. The highest BCUT2D eigenvalue weighted by molar-refractivity contribution is 5.94. The molecule has 6 nitrogen and oxygen atoms in total. The number of benzene rings is 1. The second kappa shape index (κ2) is 9.08. The number of likely N-dealkylation sites (tertiary alicyclic amines) is 1. The number of nitrogens with zero attached hydrogens (tertiary/aromatic N) is 2. The molecule has 0 aliphatic carbocycles. The van der Waals surface area contributed by atoms with Gasteiger partial charge in [-0.2, -0.15) is 0 Å². The van der Waals surface area contributed by atoms with Gasteiger partial charge in [0.05, 0.1) is 19.4 Å². The summed E-state index contributed by atoms with van der Waals surface area (Å²) >= 11 is 0.